The number of nitrogens with one attached hydrogen (secondary N) is 2. The predicted octanol–water partition coefficient (Wildman–Crippen LogP) is 5.20. The average Bonchev–Trinajstić information content (AvgIpc) is 3.57. The highest BCUT2D eigenvalue weighted by molar-refractivity contribution is 7.19. The average molecular weight is 509 g/mol. The highest BCUT2D eigenvalue weighted by atomic mass is 35.5. The van der Waals surface area contributed by atoms with E-state index in [1.165, 1.54) is 0 Å². The van der Waals surface area contributed by atoms with E-state index < -0.39 is 0 Å². The molecule has 5 heterocycles. The van der Waals surface area contributed by atoms with Gasteiger partial charge in [0, 0.05) is 70.2 Å². The van der Waals surface area contributed by atoms with E-state index in [9.17, 15) is 4.79 Å². The van der Waals surface area contributed by atoms with Gasteiger partial charge in [-0.2, -0.15) is 0 Å². The number of benzene rings is 1. The number of carbonyl (C=O) groups excluding carboxylic acids is 1. The molecule has 0 saturated carbocycles. The summed E-state index contributed by atoms with van der Waals surface area (Å²) in [6.45, 7) is 5.91. The zero-order valence-corrected chi connectivity index (χ0v) is 21.1. The zero-order valence-electron chi connectivity index (χ0n) is 19.5. The minimum Gasteiger partial charge on any atom is -0.481 e. The van der Waals surface area contributed by atoms with Crippen LogP contribution >= 0.6 is 22.9 Å². The highest BCUT2D eigenvalue weighted by Crippen LogP contribution is 2.48. The Labute approximate surface area is 211 Å². The first kappa shape index (κ1) is 22.5. The third kappa shape index (κ3) is 4.09. The third-order valence-corrected chi connectivity index (χ3v) is 7.92. The fourth-order valence-corrected chi connectivity index (χ4v) is 6.07. The fraction of sp³-hybridized carbons (Fsp3) is 0.346. The molecule has 6 rings (SSSR count). The van der Waals surface area contributed by atoms with Crippen molar-refractivity contribution in [2.45, 2.75) is 45.9 Å². The summed E-state index contributed by atoms with van der Waals surface area (Å²) in [7, 11) is 0. The van der Waals surface area contributed by atoms with Crippen LogP contribution < -0.4 is 15.4 Å². The van der Waals surface area contributed by atoms with E-state index in [2.05, 4.69) is 20.8 Å². The van der Waals surface area contributed by atoms with E-state index in [4.69, 9.17) is 20.9 Å². The van der Waals surface area contributed by atoms with Crippen LogP contribution in [0, 0.1) is 5.92 Å². The molecule has 1 amide bonds. The molecule has 0 bridgehead atoms. The first-order valence-electron chi connectivity index (χ1n) is 11.8. The molecule has 7 nitrogen and oxygen atoms in total. The number of nitrogens with zero attached hydrogens (tertiary/aromatic N) is 2. The van der Waals surface area contributed by atoms with Crippen LogP contribution in [0.1, 0.15) is 47.4 Å². The topological polar surface area (TPSA) is 89.3 Å². The molecular formula is C26H25ClN4O3S. The van der Waals surface area contributed by atoms with Gasteiger partial charge in [-0.05, 0) is 24.3 Å². The Morgan fingerprint density at radius 1 is 1.31 bits per heavy atom. The zero-order chi connectivity index (χ0) is 24.1. The van der Waals surface area contributed by atoms with Gasteiger partial charge >= 0.3 is 0 Å². The van der Waals surface area contributed by atoms with Gasteiger partial charge in [-0.3, -0.25) is 9.78 Å². The number of rotatable bonds is 5. The third-order valence-electron chi connectivity index (χ3n) is 6.54. The molecule has 180 valence electrons. The molecule has 1 atom stereocenters. The molecule has 1 aromatic carbocycles. The molecule has 3 aromatic heterocycles. The van der Waals surface area contributed by atoms with Gasteiger partial charge in [0.15, 0.2) is 11.9 Å². The number of halogens is 1. The second kappa shape index (κ2) is 8.93. The molecule has 0 radical (unpaired) electrons. The van der Waals surface area contributed by atoms with Crippen LogP contribution in [0.3, 0.4) is 0 Å². The van der Waals surface area contributed by atoms with Crippen LogP contribution in [-0.2, 0) is 30.7 Å². The van der Waals surface area contributed by atoms with Crippen LogP contribution in [0.4, 0.5) is 0 Å². The molecule has 35 heavy (non-hydrogen) atoms. The van der Waals surface area contributed by atoms with Gasteiger partial charge in [-0.15, -0.1) is 11.3 Å². The Kier molecular flexibility index (Phi) is 5.75. The quantitative estimate of drug-likeness (QED) is 0.385. The first-order chi connectivity index (χ1) is 17.0. The van der Waals surface area contributed by atoms with Crippen molar-refractivity contribution < 1.29 is 14.1 Å². The van der Waals surface area contributed by atoms with Crippen LogP contribution in [0.15, 0.2) is 35.0 Å². The van der Waals surface area contributed by atoms with Crippen molar-refractivity contribution >= 4 is 39.1 Å². The summed E-state index contributed by atoms with van der Waals surface area (Å²) in [4.78, 5) is 17.6. The monoisotopic (exact) mass is 508 g/mol. The number of amides is 1. The highest BCUT2D eigenvalue weighted by Gasteiger charge is 2.34. The van der Waals surface area contributed by atoms with Crippen molar-refractivity contribution in [3.63, 3.8) is 0 Å². The molecule has 9 heteroatoms. The van der Waals surface area contributed by atoms with Crippen LogP contribution in [-0.4, -0.2) is 22.6 Å². The molecule has 1 unspecified atom stereocenters. The van der Waals surface area contributed by atoms with Gasteiger partial charge in [0.1, 0.15) is 5.75 Å². The lowest BCUT2D eigenvalue weighted by atomic mass is 9.99. The number of aromatic nitrogens is 2. The van der Waals surface area contributed by atoms with Gasteiger partial charge in [-0.25, -0.2) is 0 Å². The molecule has 4 aromatic rings. The predicted molar refractivity (Wildman–Crippen MR) is 136 cm³/mol. The van der Waals surface area contributed by atoms with E-state index >= 15 is 0 Å². The molecular weight excluding hydrogens is 484 g/mol. The Bertz CT molecular complexity index is 1440. The van der Waals surface area contributed by atoms with Crippen molar-refractivity contribution in [3.05, 3.63) is 62.9 Å². The minimum absolute atomic E-state index is 0.0348. The van der Waals surface area contributed by atoms with E-state index in [0.29, 0.717) is 18.0 Å². The molecule has 2 aliphatic rings. The summed E-state index contributed by atoms with van der Waals surface area (Å²) in [5.41, 5.74) is 6.02. The molecule has 0 aliphatic carbocycles. The lowest BCUT2D eigenvalue weighted by Gasteiger charge is -2.15. The summed E-state index contributed by atoms with van der Waals surface area (Å²) < 4.78 is 13.3. The fourth-order valence-electron chi connectivity index (χ4n) is 4.75. The van der Waals surface area contributed by atoms with Gasteiger partial charge in [-0.1, -0.05) is 30.6 Å². The molecule has 2 aliphatic heterocycles. The van der Waals surface area contributed by atoms with E-state index in [1.807, 2.05) is 38.1 Å². The summed E-state index contributed by atoms with van der Waals surface area (Å²) >= 11 is 8.20. The van der Waals surface area contributed by atoms with Crippen LogP contribution in [0.25, 0.3) is 21.3 Å². The maximum absolute atomic E-state index is 12.0. The Hall–Kier alpha value is -2.94. The Morgan fingerprint density at radius 2 is 2.20 bits per heavy atom. The van der Waals surface area contributed by atoms with Crippen molar-refractivity contribution in [2.24, 2.45) is 5.92 Å². The number of hydrogen-bond donors (Lipinski definition) is 2. The summed E-state index contributed by atoms with van der Waals surface area (Å²) in [6, 6.07) is 7.96. The molecule has 0 fully saturated rings. The molecule has 0 spiro atoms. The minimum atomic E-state index is -0.235. The molecule has 2 N–H and O–H groups in total. The largest absolute Gasteiger partial charge is 0.481 e. The lowest BCUT2D eigenvalue weighted by molar-refractivity contribution is -0.124. The number of carbonyl (C=O) groups is 1. The number of pyridine rings is 1. The summed E-state index contributed by atoms with van der Waals surface area (Å²) in [5, 5.41) is 11.3. The second-order valence-electron chi connectivity index (χ2n) is 9.31. The van der Waals surface area contributed by atoms with Gasteiger partial charge in [0.25, 0.3) is 0 Å². The number of ether oxygens (including phenoxy) is 1. The Balaban J connectivity index is 1.36. The normalized spacial score (nSPS) is 16.9. The number of hydrogen-bond acceptors (Lipinski definition) is 7. The second-order valence-corrected chi connectivity index (χ2v) is 10.9. The van der Waals surface area contributed by atoms with E-state index in [0.717, 1.165) is 74.1 Å². The van der Waals surface area contributed by atoms with Gasteiger partial charge in [0.2, 0.25) is 5.91 Å². The van der Waals surface area contributed by atoms with Crippen molar-refractivity contribution in [1.29, 1.82) is 0 Å². The van der Waals surface area contributed by atoms with E-state index in [-0.39, 0.29) is 17.9 Å². The maximum atomic E-state index is 12.0. The number of fused-ring (bicyclic) bond motifs is 3. The Morgan fingerprint density at radius 3 is 3.06 bits per heavy atom. The van der Waals surface area contributed by atoms with Crippen LogP contribution in [0.5, 0.6) is 5.75 Å². The molecule has 0 saturated heterocycles. The lowest BCUT2D eigenvalue weighted by Crippen LogP contribution is -2.26. The smallest absolute Gasteiger partial charge is 0.222 e. The van der Waals surface area contributed by atoms with Crippen LogP contribution in [0.2, 0.25) is 5.02 Å². The van der Waals surface area contributed by atoms with Gasteiger partial charge in [0.05, 0.1) is 22.5 Å². The van der Waals surface area contributed by atoms with E-state index in [1.54, 1.807) is 17.5 Å². The maximum Gasteiger partial charge on any atom is 0.222 e. The van der Waals surface area contributed by atoms with Gasteiger partial charge < -0.3 is 19.9 Å². The standard InChI is InChI=1S/C26H25ClN4O3S/c1-13(2)26(32)30-11-16-10-21-25(35-16)17(3-6-29-21)18-9-15(27)7-14-8-22(33-23(14)18)24-19-12-28-5-4-20(19)31-34-24/h3,6-7,9-10,13,22,28H,4-5,8,11-12H2,1-2H3,(H,30,32). The summed E-state index contributed by atoms with van der Waals surface area (Å²) in [6.07, 6.45) is 3.11. The first-order valence-corrected chi connectivity index (χ1v) is 13.0. The number of thiophene rings is 1. The summed E-state index contributed by atoms with van der Waals surface area (Å²) in [5.74, 6) is 1.60. The van der Waals surface area contributed by atoms with Crippen molar-refractivity contribution in [1.82, 2.24) is 20.8 Å². The van der Waals surface area contributed by atoms with Crippen molar-refractivity contribution in [2.75, 3.05) is 6.54 Å². The van der Waals surface area contributed by atoms with Crippen molar-refractivity contribution in [3.8, 4) is 16.9 Å². The SMILES string of the molecule is CC(C)C(=O)NCc1cc2nccc(-c3cc(Cl)cc4c3OC(c3onc5c3CNCC5)C4)c2s1.